The van der Waals surface area contributed by atoms with Gasteiger partial charge in [-0.2, -0.15) is 0 Å². The van der Waals surface area contributed by atoms with Crippen molar-refractivity contribution >= 4 is 39.1 Å². The minimum atomic E-state index is -3.95. The van der Waals surface area contributed by atoms with E-state index in [0.29, 0.717) is 34.0 Å². The molecule has 3 fully saturated rings. The van der Waals surface area contributed by atoms with Crippen molar-refractivity contribution in [1.82, 2.24) is 9.62 Å². The number of carbonyl (C=O) groups excluding carboxylic acids is 1. The summed E-state index contributed by atoms with van der Waals surface area (Å²) < 4.78 is 46.9. The topological polar surface area (TPSA) is 75.7 Å². The van der Waals surface area contributed by atoms with Crippen LogP contribution in [0.25, 0.3) is 0 Å². The van der Waals surface area contributed by atoms with Gasteiger partial charge < -0.3 is 4.74 Å². The summed E-state index contributed by atoms with van der Waals surface area (Å²) in [5.41, 5.74) is 2.94. The minimum Gasteiger partial charge on any atom is -0.376 e. The van der Waals surface area contributed by atoms with Gasteiger partial charge in [0.05, 0.1) is 16.9 Å². The molecule has 1 aliphatic heterocycles. The summed E-state index contributed by atoms with van der Waals surface area (Å²) in [6.45, 7) is 9.69. The molecule has 2 aromatic rings. The third kappa shape index (κ3) is 7.41. The fourth-order valence-electron chi connectivity index (χ4n) is 6.84. The average Bonchev–Trinajstić information content (AvgIpc) is 3.73. The summed E-state index contributed by atoms with van der Waals surface area (Å²) in [7, 11) is -3.95. The van der Waals surface area contributed by atoms with Crippen LogP contribution in [0.15, 0.2) is 30.3 Å². The highest BCUT2D eigenvalue weighted by Crippen LogP contribution is 2.53. The Morgan fingerprint density at radius 2 is 1.72 bits per heavy atom. The van der Waals surface area contributed by atoms with Gasteiger partial charge in [0.15, 0.2) is 0 Å². The van der Waals surface area contributed by atoms with Crippen LogP contribution in [0.4, 0.5) is 4.39 Å². The number of ether oxygens (including phenoxy) is 1. The summed E-state index contributed by atoms with van der Waals surface area (Å²) in [5.74, 6) is -0.933. The van der Waals surface area contributed by atoms with E-state index in [-0.39, 0.29) is 18.1 Å². The van der Waals surface area contributed by atoms with Crippen LogP contribution < -0.4 is 4.72 Å². The summed E-state index contributed by atoms with van der Waals surface area (Å²) in [4.78, 5) is 15.3. The first-order chi connectivity index (χ1) is 20.2. The number of nitrogens with zero attached hydrogens (tertiary/aromatic N) is 1. The van der Waals surface area contributed by atoms with Crippen LogP contribution >= 0.6 is 23.2 Å². The monoisotopic (exact) mass is 652 g/mol. The molecule has 1 saturated heterocycles. The van der Waals surface area contributed by atoms with E-state index in [4.69, 9.17) is 27.9 Å². The lowest BCUT2D eigenvalue weighted by molar-refractivity contribution is -0.0594. The van der Waals surface area contributed by atoms with Gasteiger partial charge in [0.25, 0.3) is 5.91 Å². The zero-order chi connectivity index (χ0) is 31.2. The Balaban J connectivity index is 1.13. The molecule has 1 atom stereocenters. The van der Waals surface area contributed by atoms with Crippen molar-refractivity contribution in [2.75, 3.05) is 19.7 Å². The Bertz CT molecular complexity index is 1440. The third-order valence-electron chi connectivity index (χ3n) is 9.53. The molecule has 43 heavy (non-hydrogen) atoms. The fourth-order valence-corrected chi connectivity index (χ4v) is 8.05. The molecule has 2 saturated carbocycles. The van der Waals surface area contributed by atoms with Crippen molar-refractivity contribution in [2.45, 2.75) is 96.0 Å². The third-order valence-corrected chi connectivity index (χ3v) is 12.0. The highest BCUT2D eigenvalue weighted by Gasteiger charge is 2.46. The Hall–Kier alpha value is -1.71. The molecule has 1 heterocycles. The molecule has 1 N–H and O–H groups in total. The van der Waals surface area contributed by atoms with E-state index >= 15 is 4.39 Å². The largest absolute Gasteiger partial charge is 0.376 e. The maximum Gasteiger partial charge on any atom is 0.267 e. The van der Waals surface area contributed by atoms with Crippen molar-refractivity contribution in [3.05, 3.63) is 68.4 Å². The molecule has 10 heteroatoms. The van der Waals surface area contributed by atoms with Crippen LogP contribution in [0.5, 0.6) is 0 Å². The van der Waals surface area contributed by atoms with Crippen LogP contribution in [0.3, 0.4) is 0 Å². The second-order valence-electron chi connectivity index (χ2n) is 13.8. The van der Waals surface area contributed by atoms with Gasteiger partial charge in [-0.05, 0) is 143 Å². The quantitative estimate of drug-likeness (QED) is 0.281. The standard InChI is InChI=1S/C33H43Cl2FN2O4S/c1-5-30(23-12-25(34)15-26(35)13-23)38-10-8-33(9-11-38)17-21(18-33)19-42-20-24-14-29(36)28(16-27(24)22-6-7-22)31(39)37-43(40,41)32(2,3)4/h12-16,21-22,30H,5-11,17-20H2,1-4H3,(H,37,39). The van der Waals surface area contributed by atoms with Gasteiger partial charge in [-0.25, -0.2) is 17.5 Å². The highest BCUT2D eigenvalue weighted by molar-refractivity contribution is 7.91. The predicted molar refractivity (Wildman–Crippen MR) is 170 cm³/mol. The van der Waals surface area contributed by atoms with E-state index in [1.807, 2.05) is 16.9 Å². The molecule has 1 unspecified atom stereocenters. The maximum absolute atomic E-state index is 15.1. The number of nitrogens with one attached hydrogen (secondary N) is 1. The highest BCUT2D eigenvalue weighted by atomic mass is 35.5. The summed E-state index contributed by atoms with van der Waals surface area (Å²) in [6.07, 6.45) is 7.55. The second kappa shape index (κ2) is 12.6. The smallest absolute Gasteiger partial charge is 0.267 e. The zero-order valence-electron chi connectivity index (χ0n) is 25.5. The van der Waals surface area contributed by atoms with E-state index in [9.17, 15) is 13.2 Å². The number of rotatable bonds is 10. The molecule has 2 aromatic carbocycles. The van der Waals surface area contributed by atoms with E-state index < -0.39 is 26.5 Å². The average molecular weight is 654 g/mol. The summed E-state index contributed by atoms with van der Waals surface area (Å²) in [6, 6.07) is 9.02. The van der Waals surface area contributed by atoms with E-state index in [0.717, 1.165) is 56.3 Å². The van der Waals surface area contributed by atoms with Crippen molar-refractivity contribution in [1.29, 1.82) is 0 Å². The number of likely N-dealkylation sites (tertiary alicyclic amines) is 1. The van der Waals surface area contributed by atoms with Crippen molar-refractivity contribution < 1.29 is 22.3 Å². The molecule has 2 aliphatic carbocycles. The molecular weight excluding hydrogens is 610 g/mol. The molecule has 1 amide bonds. The van der Waals surface area contributed by atoms with Crippen LogP contribution in [0, 0.1) is 17.2 Å². The van der Waals surface area contributed by atoms with E-state index in [1.165, 1.54) is 51.3 Å². The number of hydrogen-bond acceptors (Lipinski definition) is 5. The van der Waals surface area contributed by atoms with Gasteiger partial charge in [-0.15, -0.1) is 0 Å². The van der Waals surface area contributed by atoms with Crippen LogP contribution in [-0.4, -0.2) is 43.7 Å². The van der Waals surface area contributed by atoms with Gasteiger partial charge in [-0.3, -0.25) is 9.69 Å². The lowest BCUT2D eigenvalue weighted by Crippen LogP contribution is -2.48. The molecule has 0 aromatic heterocycles. The Morgan fingerprint density at radius 3 is 2.28 bits per heavy atom. The van der Waals surface area contributed by atoms with Crippen LogP contribution in [-0.2, 0) is 21.4 Å². The number of hydrogen-bond donors (Lipinski definition) is 1. The molecule has 1 spiro atoms. The van der Waals surface area contributed by atoms with Crippen LogP contribution in [0.1, 0.15) is 112 Å². The Kier molecular flexibility index (Phi) is 9.57. The van der Waals surface area contributed by atoms with Gasteiger partial charge in [-0.1, -0.05) is 30.1 Å². The van der Waals surface area contributed by atoms with E-state index in [2.05, 4.69) is 11.8 Å². The normalized spacial score (nSPS) is 20.2. The summed E-state index contributed by atoms with van der Waals surface area (Å²) in [5, 5.41) is 1.35. The first-order valence-corrected chi connectivity index (χ1v) is 17.6. The van der Waals surface area contributed by atoms with Crippen molar-refractivity contribution in [3.63, 3.8) is 0 Å². The number of amides is 1. The Morgan fingerprint density at radius 1 is 1.09 bits per heavy atom. The second-order valence-corrected chi connectivity index (χ2v) is 17.1. The number of carbonyl (C=O) groups is 1. The van der Waals surface area contributed by atoms with Crippen molar-refractivity contribution in [3.8, 4) is 0 Å². The molecule has 0 radical (unpaired) electrons. The summed E-state index contributed by atoms with van der Waals surface area (Å²) >= 11 is 12.6. The molecule has 236 valence electrons. The van der Waals surface area contributed by atoms with Gasteiger partial charge >= 0.3 is 0 Å². The number of piperidine rings is 1. The van der Waals surface area contributed by atoms with Crippen LogP contribution in [0.2, 0.25) is 10.0 Å². The maximum atomic E-state index is 15.1. The first-order valence-electron chi connectivity index (χ1n) is 15.4. The minimum absolute atomic E-state index is 0.241. The number of halogens is 3. The molecule has 5 rings (SSSR count). The van der Waals surface area contributed by atoms with E-state index in [1.54, 1.807) is 6.07 Å². The molecule has 0 bridgehead atoms. The predicted octanol–water partition coefficient (Wildman–Crippen LogP) is 8.03. The van der Waals surface area contributed by atoms with Gasteiger partial charge in [0.2, 0.25) is 10.0 Å². The number of benzene rings is 2. The van der Waals surface area contributed by atoms with Crippen molar-refractivity contribution in [2.24, 2.45) is 11.3 Å². The lowest BCUT2D eigenvalue weighted by Gasteiger charge is -2.53. The van der Waals surface area contributed by atoms with Gasteiger partial charge in [0.1, 0.15) is 5.82 Å². The fraction of sp³-hybridized carbons (Fsp3) is 0.606. The SMILES string of the molecule is CCC(c1cc(Cl)cc(Cl)c1)N1CCC2(CC1)CC(COCc1cc(F)c(C(=O)NS(=O)(=O)C(C)(C)C)cc1C1CC1)C2. The number of sulfonamides is 1. The molecular formula is C33H43Cl2FN2O4S. The molecule has 6 nitrogen and oxygen atoms in total. The Labute approximate surface area is 265 Å². The zero-order valence-corrected chi connectivity index (χ0v) is 27.8. The lowest BCUT2D eigenvalue weighted by atomic mass is 9.57. The van der Waals surface area contributed by atoms with Gasteiger partial charge in [0, 0.05) is 22.7 Å². The first kappa shape index (κ1) is 32.7. The molecule has 3 aliphatic rings.